The standard InChI is InChI=1S/C38H74O2/c1-6-7-8-9-10-11-12-13-14-15-16-17-20-23-26-29-32-37(34-40-38(39)36(4)5)33-30-27-24-21-18-19-22-25-28-31-35(2)3/h35,37H,4,6-34H2,1-3,5H3. The van der Waals surface area contributed by atoms with Gasteiger partial charge in [-0.3, -0.25) is 0 Å². The lowest BCUT2D eigenvalue weighted by molar-refractivity contribution is -0.140. The summed E-state index contributed by atoms with van der Waals surface area (Å²) in [4.78, 5) is 11.9. The number of hydrogen-bond acceptors (Lipinski definition) is 2. The van der Waals surface area contributed by atoms with E-state index < -0.39 is 0 Å². The molecule has 238 valence electrons. The largest absolute Gasteiger partial charge is 0.462 e. The molecule has 0 aliphatic heterocycles. The van der Waals surface area contributed by atoms with Crippen molar-refractivity contribution in [3.63, 3.8) is 0 Å². The average molecular weight is 563 g/mol. The Morgan fingerprint density at radius 2 is 0.825 bits per heavy atom. The molecule has 0 bridgehead atoms. The Bertz CT molecular complexity index is 538. The number of carbonyl (C=O) groups is 1. The van der Waals surface area contributed by atoms with Crippen molar-refractivity contribution in [2.75, 3.05) is 6.61 Å². The first-order chi connectivity index (χ1) is 19.5. The van der Waals surface area contributed by atoms with Crippen LogP contribution in [0.1, 0.15) is 207 Å². The minimum Gasteiger partial charge on any atom is -0.462 e. The SMILES string of the molecule is C=C(C)C(=O)OCC(CCCCCCCCCCCCCCCCCC)CCCCCCCCCCCC(C)C. The minimum atomic E-state index is -0.217. The van der Waals surface area contributed by atoms with Crippen LogP contribution in [-0.2, 0) is 9.53 Å². The lowest BCUT2D eigenvalue weighted by Gasteiger charge is -2.17. The Kier molecular flexibility index (Phi) is 30.5. The van der Waals surface area contributed by atoms with Gasteiger partial charge in [0.25, 0.3) is 0 Å². The van der Waals surface area contributed by atoms with Gasteiger partial charge in [-0.25, -0.2) is 4.79 Å². The van der Waals surface area contributed by atoms with Crippen LogP contribution < -0.4 is 0 Å². The summed E-state index contributed by atoms with van der Waals surface area (Å²) in [5, 5.41) is 0. The summed E-state index contributed by atoms with van der Waals surface area (Å²) in [6.45, 7) is 13.0. The summed E-state index contributed by atoms with van der Waals surface area (Å²) in [7, 11) is 0. The number of rotatable bonds is 32. The smallest absolute Gasteiger partial charge is 0.333 e. The number of unbranched alkanes of at least 4 members (excludes halogenated alkanes) is 23. The van der Waals surface area contributed by atoms with Crippen molar-refractivity contribution in [1.82, 2.24) is 0 Å². The lowest BCUT2D eigenvalue weighted by atomic mass is 9.94. The molecule has 0 radical (unpaired) electrons. The Morgan fingerprint density at radius 1 is 0.525 bits per heavy atom. The van der Waals surface area contributed by atoms with Gasteiger partial charge in [0.1, 0.15) is 0 Å². The van der Waals surface area contributed by atoms with E-state index in [-0.39, 0.29) is 5.97 Å². The average Bonchev–Trinajstić information content (AvgIpc) is 2.93. The fourth-order valence-electron chi connectivity index (χ4n) is 5.83. The monoisotopic (exact) mass is 563 g/mol. The summed E-state index contributed by atoms with van der Waals surface area (Å²) in [5.74, 6) is 1.17. The van der Waals surface area contributed by atoms with E-state index in [0.29, 0.717) is 18.1 Å². The third-order valence-corrected chi connectivity index (χ3v) is 8.66. The van der Waals surface area contributed by atoms with Crippen LogP contribution in [0.3, 0.4) is 0 Å². The molecule has 0 heterocycles. The van der Waals surface area contributed by atoms with E-state index in [0.717, 1.165) is 5.92 Å². The molecule has 0 fully saturated rings. The minimum absolute atomic E-state index is 0.217. The first-order valence-corrected chi connectivity index (χ1v) is 18.3. The van der Waals surface area contributed by atoms with Crippen LogP contribution >= 0.6 is 0 Å². The maximum Gasteiger partial charge on any atom is 0.333 e. The van der Waals surface area contributed by atoms with Crippen LogP contribution in [0.5, 0.6) is 0 Å². The summed E-state index contributed by atoms with van der Waals surface area (Å²) in [6, 6.07) is 0. The van der Waals surface area contributed by atoms with E-state index in [2.05, 4.69) is 27.4 Å². The fourth-order valence-corrected chi connectivity index (χ4v) is 5.83. The van der Waals surface area contributed by atoms with Crippen LogP contribution in [0.2, 0.25) is 0 Å². The Labute approximate surface area is 253 Å². The quantitative estimate of drug-likeness (QED) is 0.0463. The predicted molar refractivity (Wildman–Crippen MR) is 179 cm³/mol. The first kappa shape index (κ1) is 39.2. The Hall–Kier alpha value is -0.790. The van der Waals surface area contributed by atoms with Crippen molar-refractivity contribution in [2.45, 2.75) is 207 Å². The molecule has 0 aliphatic carbocycles. The zero-order valence-corrected chi connectivity index (χ0v) is 28.2. The van der Waals surface area contributed by atoms with Crippen LogP contribution in [-0.4, -0.2) is 12.6 Å². The highest BCUT2D eigenvalue weighted by atomic mass is 16.5. The third kappa shape index (κ3) is 30.2. The molecule has 0 saturated carbocycles. The van der Waals surface area contributed by atoms with Gasteiger partial charge in [-0.05, 0) is 31.6 Å². The highest BCUT2D eigenvalue weighted by Crippen LogP contribution is 2.21. The molecule has 40 heavy (non-hydrogen) atoms. The highest BCUT2D eigenvalue weighted by Gasteiger charge is 2.12. The van der Waals surface area contributed by atoms with Crippen LogP contribution in [0, 0.1) is 11.8 Å². The number of hydrogen-bond donors (Lipinski definition) is 0. The first-order valence-electron chi connectivity index (χ1n) is 18.3. The van der Waals surface area contributed by atoms with Gasteiger partial charge in [-0.2, -0.15) is 0 Å². The van der Waals surface area contributed by atoms with Gasteiger partial charge in [0.05, 0.1) is 6.61 Å². The molecule has 0 aromatic carbocycles. The zero-order valence-electron chi connectivity index (χ0n) is 28.2. The van der Waals surface area contributed by atoms with E-state index in [9.17, 15) is 4.79 Å². The second kappa shape index (κ2) is 31.2. The molecule has 0 spiro atoms. The number of ether oxygens (including phenoxy) is 1. The molecule has 0 rings (SSSR count). The summed E-state index contributed by atoms with van der Waals surface area (Å²) in [5.41, 5.74) is 0.519. The van der Waals surface area contributed by atoms with Crippen LogP contribution in [0.4, 0.5) is 0 Å². The van der Waals surface area contributed by atoms with Crippen molar-refractivity contribution < 1.29 is 9.53 Å². The Balaban J connectivity index is 3.76. The maximum atomic E-state index is 11.9. The van der Waals surface area contributed by atoms with E-state index in [1.54, 1.807) is 6.92 Å². The van der Waals surface area contributed by atoms with Crippen molar-refractivity contribution in [1.29, 1.82) is 0 Å². The van der Waals surface area contributed by atoms with Gasteiger partial charge in [0.2, 0.25) is 0 Å². The molecule has 0 amide bonds. The summed E-state index contributed by atoms with van der Waals surface area (Å²) >= 11 is 0. The van der Waals surface area contributed by atoms with Gasteiger partial charge in [-0.15, -0.1) is 0 Å². The van der Waals surface area contributed by atoms with Gasteiger partial charge in [0, 0.05) is 5.57 Å². The van der Waals surface area contributed by atoms with Crippen molar-refractivity contribution in [3.8, 4) is 0 Å². The van der Waals surface area contributed by atoms with Gasteiger partial charge in [-0.1, -0.05) is 194 Å². The second-order valence-corrected chi connectivity index (χ2v) is 13.5. The fraction of sp³-hybridized carbons (Fsp3) is 0.921. The lowest BCUT2D eigenvalue weighted by Crippen LogP contribution is -2.15. The second-order valence-electron chi connectivity index (χ2n) is 13.5. The molecule has 1 atom stereocenters. The predicted octanol–water partition coefficient (Wildman–Crippen LogP) is 13.3. The van der Waals surface area contributed by atoms with E-state index in [4.69, 9.17) is 4.74 Å². The molecule has 0 aliphatic rings. The highest BCUT2D eigenvalue weighted by molar-refractivity contribution is 5.86. The topological polar surface area (TPSA) is 26.3 Å². The van der Waals surface area contributed by atoms with Gasteiger partial charge >= 0.3 is 5.97 Å². The van der Waals surface area contributed by atoms with Crippen molar-refractivity contribution in [3.05, 3.63) is 12.2 Å². The number of carbonyl (C=O) groups excluding carboxylic acids is 1. The normalized spacial score (nSPS) is 12.2. The van der Waals surface area contributed by atoms with E-state index >= 15 is 0 Å². The van der Waals surface area contributed by atoms with Gasteiger partial charge in [0.15, 0.2) is 0 Å². The molecule has 2 heteroatoms. The molecular formula is C38H74O2. The number of esters is 1. The zero-order chi connectivity index (χ0) is 29.5. The Morgan fingerprint density at radius 3 is 1.12 bits per heavy atom. The van der Waals surface area contributed by atoms with Crippen LogP contribution in [0.25, 0.3) is 0 Å². The van der Waals surface area contributed by atoms with E-state index in [1.807, 2.05) is 0 Å². The molecule has 1 unspecified atom stereocenters. The van der Waals surface area contributed by atoms with Gasteiger partial charge < -0.3 is 4.74 Å². The molecule has 0 N–H and O–H groups in total. The molecule has 0 aromatic rings. The van der Waals surface area contributed by atoms with Crippen LogP contribution in [0.15, 0.2) is 12.2 Å². The molecular weight excluding hydrogens is 488 g/mol. The van der Waals surface area contributed by atoms with Crippen molar-refractivity contribution in [2.24, 2.45) is 11.8 Å². The maximum absolute atomic E-state index is 11.9. The third-order valence-electron chi connectivity index (χ3n) is 8.66. The molecule has 0 aromatic heterocycles. The summed E-state index contributed by atoms with van der Waals surface area (Å²) < 4.78 is 5.56. The molecule has 2 nitrogen and oxygen atoms in total. The molecule has 0 saturated heterocycles. The summed E-state index contributed by atoms with van der Waals surface area (Å²) in [6.07, 6.45) is 38.8. The van der Waals surface area contributed by atoms with E-state index in [1.165, 1.54) is 180 Å². The van der Waals surface area contributed by atoms with Crippen molar-refractivity contribution >= 4 is 5.97 Å².